The highest BCUT2D eigenvalue weighted by molar-refractivity contribution is 5.99. The second-order valence-electron chi connectivity index (χ2n) is 5.73. The van der Waals surface area contributed by atoms with Gasteiger partial charge in [-0.3, -0.25) is 4.79 Å². The normalized spacial score (nSPS) is 19.3. The topological polar surface area (TPSA) is 64.9 Å². The third-order valence-electron chi connectivity index (χ3n) is 4.28. The fraction of sp³-hybridized carbons (Fsp3) is 0.467. The molecule has 0 bridgehead atoms. The Bertz CT molecular complexity index is 582. The van der Waals surface area contributed by atoms with Crippen LogP contribution in [0.25, 0.3) is 0 Å². The van der Waals surface area contributed by atoms with Gasteiger partial charge in [0.15, 0.2) is 0 Å². The van der Waals surface area contributed by atoms with Crippen LogP contribution in [0, 0.1) is 11.3 Å². The Kier molecular flexibility index (Phi) is 2.79. The van der Waals surface area contributed by atoms with Crippen LogP contribution in [-0.2, 0) is 13.1 Å². The molecule has 0 spiro atoms. The molecular formula is C15H17N3O. The maximum absolute atomic E-state index is 11.7. The van der Waals surface area contributed by atoms with Crippen LogP contribution in [0.2, 0.25) is 0 Å². The first-order valence-electron chi connectivity index (χ1n) is 6.70. The summed E-state index contributed by atoms with van der Waals surface area (Å²) >= 11 is 0. The van der Waals surface area contributed by atoms with E-state index in [1.165, 1.54) is 19.3 Å². The van der Waals surface area contributed by atoms with Gasteiger partial charge in [0.25, 0.3) is 5.91 Å². The molecule has 0 aromatic heterocycles. The zero-order valence-electron chi connectivity index (χ0n) is 11.0. The van der Waals surface area contributed by atoms with Crippen molar-refractivity contribution >= 4 is 5.91 Å². The fourth-order valence-electron chi connectivity index (χ4n) is 2.79. The van der Waals surface area contributed by atoms with Crippen molar-refractivity contribution in [3.8, 4) is 6.07 Å². The third-order valence-corrected chi connectivity index (χ3v) is 4.28. The third kappa shape index (κ3) is 2.11. The first-order chi connectivity index (χ1) is 9.11. The monoisotopic (exact) mass is 255 g/mol. The molecule has 0 unspecified atom stereocenters. The molecule has 2 N–H and O–H groups in total. The van der Waals surface area contributed by atoms with E-state index in [-0.39, 0.29) is 11.4 Å². The maximum atomic E-state index is 11.7. The van der Waals surface area contributed by atoms with E-state index < -0.39 is 0 Å². The molecule has 0 saturated heterocycles. The summed E-state index contributed by atoms with van der Waals surface area (Å²) in [6, 6.07) is 6.00. The molecule has 1 saturated carbocycles. The molecule has 1 aliphatic heterocycles. The first kappa shape index (κ1) is 12.2. The molecule has 1 aromatic carbocycles. The van der Waals surface area contributed by atoms with Crippen LogP contribution in [0.4, 0.5) is 0 Å². The number of nitrogens with zero attached hydrogens (tertiary/aromatic N) is 1. The molecule has 1 heterocycles. The van der Waals surface area contributed by atoms with Gasteiger partial charge < -0.3 is 10.6 Å². The van der Waals surface area contributed by atoms with Crippen molar-refractivity contribution in [1.29, 1.82) is 5.26 Å². The summed E-state index contributed by atoms with van der Waals surface area (Å²) in [4.78, 5) is 11.7. The van der Waals surface area contributed by atoms with Crippen LogP contribution in [-0.4, -0.2) is 11.4 Å². The molecule has 19 heavy (non-hydrogen) atoms. The minimum atomic E-state index is -0.0665. The summed E-state index contributed by atoms with van der Waals surface area (Å²) < 4.78 is 0. The highest BCUT2D eigenvalue weighted by Crippen LogP contribution is 2.31. The zero-order chi connectivity index (χ0) is 13.5. The van der Waals surface area contributed by atoms with Gasteiger partial charge in [-0.25, -0.2) is 0 Å². The van der Waals surface area contributed by atoms with Crippen LogP contribution in [0.5, 0.6) is 0 Å². The fourth-order valence-corrected chi connectivity index (χ4v) is 2.79. The van der Waals surface area contributed by atoms with Crippen LogP contribution in [0.15, 0.2) is 12.1 Å². The number of hydrogen-bond acceptors (Lipinski definition) is 3. The van der Waals surface area contributed by atoms with E-state index in [0.29, 0.717) is 24.2 Å². The molecule has 1 aliphatic carbocycles. The lowest BCUT2D eigenvalue weighted by Gasteiger charge is -2.39. The lowest BCUT2D eigenvalue weighted by Crippen LogP contribution is -2.47. The molecule has 1 fully saturated rings. The highest BCUT2D eigenvalue weighted by Gasteiger charge is 2.31. The Hall–Kier alpha value is -1.86. The van der Waals surface area contributed by atoms with Gasteiger partial charge >= 0.3 is 0 Å². The Morgan fingerprint density at radius 3 is 2.89 bits per heavy atom. The van der Waals surface area contributed by atoms with E-state index in [0.717, 1.165) is 11.1 Å². The second kappa shape index (κ2) is 4.36. The van der Waals surface area contributed by atoms with Gasteiger partial charge in [-0.05, 0) is 43.9 Å². The molecule has 1 aromatic rings. The van der Waals surface area contributed by atoms with Crippen LogP contribution >= 0.6 is 0 Å². The Labute approximate surface area is 112 Å². The lowest BCUT2D eigenvalue weighted by atomic mass is 9.78. The van der Waals surface area contributed by atoms with E-state index >= 15 is 0 Å². The Balaban J connectivity index is 1.84. The number of nitrogens with one attached hydrogen (secondary N) is 2. The van der Waals surface area contributed by atoms with Gasteiger partial charge in [-0.15, -0.1) is 0 Å². The number of carbonyl (C=O) groups excluding carboxylic acids is 1. The number of amides is 1. The predicted molar refractivity (Wildman–Crippen MR) is 71.4 cm³/mol. The van der Waals surface area contributed by atoms with E-state index in [4.69, 9.17) is 0 Å². The van der Waals surface area contributed by atoms with Crippen molar-refractivity contribution in [3.63, 3.8) is 0 Å². The summed E-state index contributed by atoms with van der Waals surface area (Å²) in [5, 5.41) is 15.5. The van der Waals surface area contributed by atoms with Crippen molar-refractivity contribution in [3.05, 3.63) is 34.4 Å². The first-order valence-corrected chi connectivity index (χ1v) is 6.70. The highest BCUT2D eigenvalue weighted by atomic mass is 16.1. The van der Waals surface area contributed by atoms with Crippen molar-refractivity contribution < 1.29 is 4.79 Å². The molecule has 4 heteroatoms. The van der Waals surface area contributed by atoms with Gasteiger partial charge in [0.05, 0.1) is 11.6 Å². The van der Waals surface area contributed by atoms with Gasteiger partial charge in [0.2, 0.25) is 0 Å². The quantitative estimate of drug-likeness (QED) is 0.866. The minimum absolute atomic E-state index is 0.0665. The number of fused-ring (bicyclic) bond motifs is 1. The van der Waals surface area contributed by atoms with E-state index in [1.54, 1.807) is 0 Å². The van der Waals surface area contributed by atoms with Gasteiger partial charge in [-0.1, -0.05) is 0 Å². The van der Waals surface area contributed by atoms with Crippen molar-refractivity contribution in [2.24, 2.45) is 0 Å². The molecule has 2 aliphatic rings. The lowest BCUT2D eigenvalue weighted by molar-refractivity contribution is 0.0965. The van der Waals surface area contributed by atoms with Gasteiger partial charge in [0.1, 0.15) is 0 Å². The van der Waals surface area contributed by atoms with Crippen molar-refractivity contribution in [2.45, 2.75) is 44.8 Å². The summed E-state index contributed by atoms with van der Waals surface area (Å²) in [6.07, 6.45) is 3.67. The van der Waals surface area contributed by atoms with E-state index in [1.807, 2.05) is 12.1 Å². The zero-order valence-corrected chi connectivity index (χ0v) is 11.0. The maximum Gasteiger partial charge on any atom is 0.251 e. The average Bonchev–Trinajstić information content (AvgIpc) is 2.75. The molecule has 1 amide bonds. The number of nitriles is 1. The number of hydrogen-bond donors (Lipinski definition) is 2. The smallest absolute Gasteiger partial charge is 0.251 e. The van der Waals surface area contributed by atoms with E-state index in [9.17, 15) is 10.1 Å². The number of benzene rings is 1. The summed E-state index contributed by atoms with van der Waals surface area (Å²) in [5.74, 6) is -0.0665. The molecule has 0 radical (unpaired) electrons. The predicted octanol–water partition coefficient (Wildman–Crippen LogP) is 1.83. The van der Waals surface area contributed by atoms with Gasteiger partial charge in [-0.2, -0.15) is 5.26 Å². The molecule has 3 rings (SSSR count). The van der Waals surface area contributed by atoms with Crippen LogP contribution < -0.4 is 10.6 Å². The minimum Gasteiger partial charge on any atom is -0.348 e. The largest absolute Gasteiger partial charge is 0.348 e. The summed E-state index contributed by atoms with van der Waals surface area (Å²) in [7, 11) is 0. The second-order valence-corrected chi connectivity index (χ2v) is 5.73. The van der Waals surface area contributed by atoms with Crippen molar-refractivity contribution in [2.75, 3.05) is 0 Å². The number of carbonyl (C=O) groups is 1. The SMILES string of the molecule is CC1(NCc2cc(C#N)c3c(c2)C(=O)NC3)CCC1. The molecule has 98 valence electrons. The summed E-state index contributed by atoms with van der Waals surface area (Å²) in [6.45, 7) is 3.41. The van der Waals surface area contributed by atoms with Crippen molar-refractivity contribution in [1.82, 2.24) is 10.6 Å². The summed E-state index contributed by atoms with van der Waals surface area (Å²) in [5.41, 5.74) is 3.36. The molecule has 0 atom stereocenters. The molecule has 4 nitrogen and oxygen atoms in total. The van der Waals surface area contributed by atoms with Crippen LogP contribution in [0.1, 0.15) is 53.2 Å². The Morgan fingerprint density at radius 1 is 1.47 bits per heavy atom. The van der Waals surface area contributed by atoms with Gasteiger partial charge in [0, 0.05) is 29.8 Å². The Morgan fingerprint density at radius 2 is 2.26 bits per heavy atom. The number of rotatable bonds is 3. The average molecular weight is 255 g/mol. The van der Waals surface area contributed by atoms with Crippen LogP contribution in [0.3, 0.4) is 0 Å². The van der Waals surface area contributed by atoms with E-state index in [2.05, 4.69) is 23.6 Å². The standard InChI is InChI=1S/C15H17N3O/c1-15(3-2-4-15)18-8-10-5-11(7-16)13-9-17-14(19)12(13)6-10/h5-6,18H,2-4,8-9H2,1H3,(H,17,19). The molecular weight excluding hydrogens is 238 g/mol.